The number of aromatic nitrogens is 2. The van der Waals surface area contributed by atoms with E-state index in [-0.39, 0.29) is 30.0 Å². The molecular weight excluding hydrogens is 418 g/mol. The van der Waals surface area contributed by atoms with Crippen LogP contribution in [0.15, 0.2) is 47.5 Å². The number of benzene rings is 2. The molecule has 4 rings (SSSR count). The number of hydrogen-bond donors (Lipinski definition) is 1. The van der Waals surface area contributed by atoms with Crippen LogP contribution in [-0.2, 0) is 11.3 Å². The molecule has 0 spiro atoms. The number of halogens is 1. The molecule has 0 aliphatic carbocycles. The van der Waals surface area contributed by atoms with E-state index in [2.05, 4.69) is 10.3 Å². The van der Waals surface area contributed by atoms with Crippen LogP contribution in [0.1, 0.15) is 31.9 Å². The Labute approximate surface area is 185 Å². The fourth-order valence-electron chi connectivity index (χ4n) is 3.63. The maximum absolute atomic E-state index is 12.8. The summed E-state index contributed by atoms with van der Waals surface area (Å²) >= 11 is 6.01. The molecule has 0 saturated carbocycles. The molecule has 2 heterocycles. The number of ether oxygens (including phenoxy) is 2. The first-order chi connectivity index (χ1) is 14.9. The molecule has 1 aromatic heterocycles. The van der Waals surface area contributed by atoms with Crippen molar-refractivity contribution in [2.75, 3.05) is 13.2 Å². The third-order valence-electron chi connectivity index (χ3n) is 5.21. The molecule has 0 radical (unpaired) electrons. The molecule has 0 fully saturated rings. The highest BCUT2D eigenvalue weighted by molar-refractivity contribution is 6.31. The highest BCUT2D eigenvalue weighted by Gasteiger charge is 2.21. The van der Waals surface area contributed by atoms with Crippen LogP contribution >= 0.6 is 11.6 Å². The van der Waals surface area contributed by atoms with Gasteiger partial charge in [0.2, 0.25) is 5.91 Å². The van der Waals surface area contributed by atoms with E-state index in [1.54, 1.807) is 18.2 Å². The Balaban J connectivity index is 1.55. The maximum Gasteiger partial charge on any atom is 0.261 e. The van der Waals surface area contributed by atoms with E-state index in [1.165, 1.54) is 10.9 Å². The Morgan fingerprint density at radius 2 is 1.94 bits per heavy atom. The molecule has 1 atom stereocenters. The van der Waals surface area contributed by atoms with Crippen molar-refractivity contribution in [2.45, 2.75) is 32.9 Å². The minimum atomic E-state index is -0.306. The first kappa shape index (κ1) is 21.2. The van der Waals surface area contributed by atoms with Gasteiger partial charge in [-0.3, -0.25) is 14.2 Å². The summed E-state index contributed by atoms with van der Waals surface area (Å²) in [6.07, 6.45) is 2.21. The summed E-state index contributed by atoms with van der Waals surface area (Å²) in [6.45, 7) is 5.13. The summed E-state index contributed by atoms with van der Waals surface area (Å²) in [5.74, 6) is 1.24. The van der Waals surface area contributed by atoms with Crippen molar-refractivity contribution in [1.82, 2.24) is 14.9 Å². The highest BCUT2D eigenvalue weighted by atomic mass is 35.5. The number of carbonyl (C=O) groups excluding carboxylic acids is 1. The summed E-state index contributed by atoms with van der Waals surface area (Å²) in [4.78, 5) is 29.8. The molecule has 31 heavy (non-hydrogen) atoms. The summed E-state index contributed by atoms with van der Waals surface area (Å²) in [5, 5.41) is 3.87. The summed E-state index contributed by atoms with van der Waals surface area (Å²) in [6, 6.07) is 10.4. The maximum atomic E-state index is 12.8. The lowest BCUT2D eigenvalue weighted by atomic mass is 9.95. The van der Waals surface area contributed by atoms with E-state index < -0.39 is 0 Å². The van der Waals surface area contributed by atoms with Crippen LogP contribution < -0.4 is 20.3 Å². The summed E-state index contributed by atoms with van der Waals surface area (Å²) in [7, 11) is 0. The monoisotopic (exact) mass is 441 g/mol. The molecule has 1 N–H and O–H groups in total. The molecule has 7 nitrogen and oxygen atoms in total. The Hall–Kier alpha value is -3.06. The molecule has 0 bridgehead atoms. The second kappa shape index (κ2) is 8.98. The minimum absolute atomic E-state index is 0.124. The van der Waals surface area contributed by atoms with Gasteiger partial charge in [0.1, 0.15) is 6.54 Å². The number of nitrogens with one attached hydrogen (secondary N) is 1. The Bertz CT molecular complexity index is 1180. The molecule has 2 aromatic carbocycles. The first-order valence-electron chi connectivity index (χ1n) is 10.3. The highest BCUT2D eigenvalue weighted by Crippen LogP contribution is 2.34. The van der Waals surface area contributed by atoms with Gasteiger partial charge in [0.25, 0.3) is 5.56 Å². The zero-order valence-corrected chi connectivity index (χ0v) is 18.2. The molecule has 1 aliphatic heterocycles. The normalized spacial score (nSPS) is 14.3. The van der Waals surface area contributed by atoms with Crippen molar-refractivity contribution < 1.29 is 14.3 Å². The van der Waals surface area contributed by atoms with Crippen molar-refractivity contribution in [1.29, 1.82) is 0 Å². The zero-order valence-electron chi connectivity index (χ0n) is 17.4. The molecule has 3 aromatic rings. The van der Waals surface area contributed by atoms with Crippen LogP contribution in [-0.4, -0.2) is 28.7 Å². The Morgan fingerprint density at radius 3 is 2.71 bits per heavy atom. The third kappa shape index (κ3) is 4.66. The largest absolute Gasteiger partial charge is 0.490 e. The van der Waals surface area contributed by atoms with E-state index in [0.717, 1.165) is 12.0 Å². The average molecular weight is 442 g/mol. The third-order valence-corrected chi connectivity index (χ3v) is 5.45. The molecule has 8 heteroatoms. The van der Waals surface area contributed by atoms with E-state index in [1.807, 2.05) is 32.0 Å². The van der Waals surface area contributed by atoms with Crippen LogP contribution in [0.2, 0.25) is 5.02 Å². The smallest absolute Gasteiger partial charge is 0.261 e. The van der Waals surface area contributed by atoms with Gasteiger partial charge in [-0.05, 0) is 41.8 Å². The van der Waals surface area contributed by atoms with Crippen LogP contribution in [0.3, 0.4) is 0 Å². The van der Waals surface area contributed by atoms with Gasteiger partial charge in [-0.1, -0.05) is 31.5 Å². The van der Waals surface area contributed by atoms with Crippen LogP contribution in [0.4, 0.5) is 0 Å². The second-order valence-electron chi connectivity index (χ2n) is 7.88. The van der Waals surface area contributed by atoms with Gasteiger partial charge in [0, 0.05) is 11.4 Å². The quantitative estimate of drug-likeness (QED) is 0.652. The van der Waals surface area contributed by atoms with Crippen molar-refractivity contribution >= 4 is 28.4 Å². The SMILES string of the molecule is CC(C)[C@H](NC(=O)Cn1cnc2ccc(Cl)cc2c1=O)c1ccc2c(c1)OCCCO2. The van der Waals surface area contributed by atoms with Crippen molar-refractivity contribution in [3.8, 4) is 11.5 Å². The average Bonchev–Trinajstić information content (AvgIpc) is 2.99. The lowest BCUT2D eigenvalue weighted by Gasteiger charge is -2.24. The van der Waals surface area contributed by atoms with Gasteiger partial charge >= 0.3 is 0 Å². The summed E-state index contributed by atoms with van der Waals surface area (Å²) in [5.41, 5.74) is 1.15. The fourth-order valence-corrected chi connectivity index (χ4v) is 3.80. The summed E-state index contributed by atoms with van der Waals surface area (Å²) < 4.78 is 12.8. The van der Waals surface area contributed by atoms with Gasteiger partial charge in [-0.25, -0.2) is 4.98 Å². The van der Waals surface area contributed by atoms with Gasteiger partial charge < -0.3 is 14.8 Å². The lowest BCUT2D eigenvalue weighted by molar-refractivity contribution is -0.122. The number of nitrogens with zero attached hydrogens (tertiary/aromatic N) is 2. The number of rotatable bonds is 5. The van der Waals surface area contributed by atoms with Crippen LogP contribution in [0.5, 0.6) is 11.5 Å². The minimum Gasteiger partial charge on any atom is -0.490 e. The van der Waals surface area contributed by atoms with E-state index in [9.17, 15) is 9.59 Å². The molecule has 0 unspecified atom stereocenters. The van der Waals surface area contributed by atoms with E-state index in [4.69, 9.17) is 21.1 Å². The predicted octanol–water partition coefficient (Wildman–Crippen LogP) is 3.72. The molecular formula is C23H24ClN3O4. The van der Waals surface area contributed by atoms with E-state index >= 15 is 0 Å². The van der Waals surface area contributed by atoms with Crippen LogP contribution in [0, 0.1) is 5.92 Å². The Morgan fingerprint density at radius 1 is 1.16 bits per heavy atom. The number of hydrogen-bond acceptors (Lipinski definition) is 5. The molecule has 0 saturated heterocycles. The topological polar surface area (TPSA) is 82.5 Å². The molecule has 1 aliphatic rings. The van der Waals surface area contributed by atoms with Crippen molar-refractivity contribution in [3.63, 3.8) is 0 Å². The fraction of sp³-hybridized carbons (Fsp3) is 0.348. The van der Waals surface area contributed by atoms with Crippen molar-refractivity contribution in [2.24, 2.45) is 5.92 Å². The van der Waals surface area contributed by atoms with Gasteiger partial charge in [-0.2, -0.15) is 0 Å². The molecule has 1 amide bonds. The lowest BCUT2D eigenvalue weighted by Crippen LogP contribution is -2.36. The van der Waals surface area contributed by atoms with Crippen molar-refractivity contribution in [3.05, 3.63) is 63.7 Å². The zero-order chi connectivity index (χ0) is 22.0. The number of amides is 1. The predicted molar refractivity (Wildman–Crippen MR) is 119 cm³/mol. The number of carbonyl (C=O) groups is 1. The molecule has 162 valence electrons. The van der Waals surface area contributed by atoms with Gasteiger partial charge in [0.15, 0.2) is 11.5 Å². The Kier molecular flexibility index (Phi) is 6.13. The van der Waals surface area contributed by atoms with Crippen LogP contribution in [0.25, 0.3) is 10.9 Å². The standard InChI is InChI=1S/C23H24ClN3O4/c1-14(2)22(15-4-7-19-20(10-15)31-9-3-8-30-19)26-21(28)12-27-13-25-18-6-5-16(24)11-17(18)23(27)29/h4-7,10-11,13-14,22H,3,8-9,12H2,1-2H3,(H,26,28)/t22-/m0/s1. The van der Waals surface area contributed by atoms with Gasteiger partial charge in [0.05, 0.1) is 36.5 Å². The second-order valence-corrected chi connectivity index (χ2v) is 8.32. The first-order valence-corrected chi connectivity index (χ1v) is 10.6. The number of fused-ring (bicyclic) bond motifs is 2. The van der Waals surface area contributed by atoms with E-state index in [0.29, 0.717) is 40.6 Å². The van der Waals surface area contributed by atoms with Gasteiger partial charge in [-0.15, -0.1) is 0 Å².